The van der Waals surface area contributed by atoms with Gasteiger partial charge in [-0.05, 0) is 116 Å². The normalized spacial score (nSPS) is 12.9. The molecule has 5 nitrogen and oxygen atoms in total. The third-order valence-corrected chi connectivity index (χ3v) is 12.8. The number of imidazole rings is 1. The monoisotopic (exact) mass is 835 g/mol. The zero-order valence-electron chi connectivity index (χ0n) is 39.6. The molecule has 8 rings (SSSR count). The molecule has 0 bridgehead atoms. The van der Waals surface area contributed by atoms with Gasteiger partial charge in [0.05, 0.1) is 29.1 Å². The van der Waals surface area contributed by atoms with Crippen LogP contribution in [-0.4, -0.2) is 16.2 Å². The van der Waals surface area contributed by atoms with Crippen LogP contribution in [0.5, 0.6) is 11.5 Å². The maximum absolute atomic E-state index is 7.02. The van der Waals surface area contributed by atoms with Gasteiger partial charge in [-0.2, -0.15) is 0 Å². The summed E-state index contributed by atoms with van der Waals surface area (Å²) in [6.07, 6.45) is 4.13. The highest BCUT2D eigenvalue weighted by atomic mass is 16.5. The van der Waals surface area contributed by atoms with Gasteiger partial charge in [-0.3, -0.25) is 0 Å². The van der Waals surface area contributed by atoms with E-state index in [1.54, 1.807) is 0 Å². The van der Waals surface area contributed by atoms with Gasteiger partial charge >= 0.3 is 0 Å². The Bertz CT molecular complexity index is 2650. The summed E-state index contributed by atoms with van der Waals surface area (Å²) in [5.74, 6) is 3.79. The smallest absolute Gasteiger partial charge is 0.130 e. The number of hydrogen-bond donors (Lipinski definition) is 0. The fraction of sp³-hybridized carbons (Fsp3) is 0.328. The highest BCUT2D eigenvalue weighted by Crippen LogP contribution is 2.50. The molecule has 63 heavy (non-hydrogen) atoms. The predicted molar refractivity (Wildman–Crippen MR) is 268 cm³/mol. The maximum atomic E-state index is 7.02. The van der Waals surface area contributed by atoms with Crippen molar-refractivity contribution in [3.63, 3.8) is 0 Å². The summed E-state index contributed by atoms with van der Waals surface area (Å²) < 4.78 is 9.23. The second kappa shape index (κ2) is 18.0. The number of ether oxygens (including phenoxy) is 1. The molecule has 7 aromatic rings. The quantitative estimate of drug-likeness (QED) is 0.116. The third kappa shape index (κ3) is 8.55. The van der Waals surface area contributed by atoms with Gasteiger partial charge in [0.2, 0.25) is 0 Å². The highest BCUT2D eigenvalue weighted by molar-refractivity contribution is 5.90. The number of para-hydroxylation sites is 4. The molecule has 1 aromatic heterocycles. The van der Waals surface area contributed by atoms with Gasteiger partial charge < -0.3 is 19.1 Å². The van der Waals surface area contributed by atoms with Crippen LogP contribution in [-0.2, 0) is 0 Å². The van der Waals surface area contributed by atoms with Gasteiger partial charge in [0.15, 0.2) is 0 Å². The van der Waals surface area contributed by atoms with Crippen molar-refractivity contribution >= 4 is 22.7 Å². The molecule has 0 radical (unpaired) electrons. The lowest BCUT2D eigenvalue weighted by atomic mass is 9.85. The number of fused-ring (bicyclic) bond motifs is 1. The molecule has 0 amide bonds. The Hall–Kier alpha value is -6.07. The topological polar surface area (TPSA) is 33.5 Å². The van der Waals surface area contributed by atoms with Gasteiger partial charge in [0, 0.05) is 29.2 Å². The van der Waals surface area contributed by atoms with Crippen LogP contribution in [0.15, 0.2) is 134 Å². The van der Waals surface area contributed by atoms with Crippen LogP contribution in [0.3, 0.4) is 0 Å². The summed E-state index contributed by atoms with van der Waals surface area (Å²) >= 11 is 0. The molecule has 2 heterocycles. The van der Waals surface area contributed by atoms with Crippen molar-refractivity contribution in [3.05, 3.63) is 167 Å². The molecule has 5 heteroatoms. The first-order chi connectivity index (χ1) is 30.2. The fourth-order valence-corrected chi connectivity index (χ4v) is 9.54. The molecule has 0 fully saturated rings. The van der Waals surface area contributed by atoms with Crippen molar-refractivity contribution in [3.8, 4) is 39.6 Å². The molecule has 1 aliphatic heterocycles. The van der Waals surface area contributed by atoms with Crippen molar-refractivity contribution in [2.75, 3.05) is 16.5 Å². The van der Waals surface area contributed by atoms with E-state index in [2.05, 4.69) is 225 Å². The molecule has 0 atom stereocenters. The minimum absolute atomic E-state index is 0.345. The van der Waals surface area contributed by atoms with E-state index in [4.69, 9.17) is 9.72 Å². The minimum atomic E-state index is 0.345. The van der Waals surface area contributed by atoms with Crippen molar-refractivity contribution in [2.45, 2.75) is 119 Å². The van der Waals surface area contributed by atoms with Crippen LogP contribution in [0.1, 0.15) is 152 Å². The molecule has 324 valence electrons. The van der Waals surface area contributed by atoms with E-state index in [0.29, 0.717) is 42.2 Å². The largest absolute Gasteiger partial charge is 0.457 e. The summed E-state index contributed by atoms with van der Waals surface area (Å²) in [6.45, 7) is 28.2. The van der Waals surface area contributed by atoms with Gasteiger partial charge in [-0.15, -0.1) is 0 Å². The second-order valence-electron chi connectivity index (χ2n) is 19.3. The van der Waals surface area contributed by atoms with Crippen LogP contribution in [0.25, 0.3) is 28.1 Å². The maximum Gasteiger partial charge on any atom is 0.130 e. The first-order valence-corrected chi connectivity index (χ1v) is 23.2. The van der Waals surface area contributed by atoms with Gasteiger partial charge in [-0.25, -0.2) is 4.98 Å². The Kier molecular flexibility index (Phi) is 12.4. The fourth-order valence-electron chi connectivity index (χ4n) is 9.54. The molecular weight excluding hydrogens is 769 g/mol. The average molecular weight is 835 g/mol. The molecule has 0 saturated heterocycles. The van der Waals surface area contributed by atoms with E-state index in [1.165, 1.54) is 61.7 Å². The van der Waals surface area contributed by atoms with E-state index in [0.717, 1.165) is 34.0 Å². The molecule has 0 aliphatic carbocycles. The summed E-state index contributed by atoms with van der Waals surface area (Å²) in [7, 11) is 0. The SMILES string of the molecule is CC(C)c1cccc(C(C)C)c1-c1cc(Oc2cccc(-c3cn(-c4c(C(C)C)cccc4C(C)C)cn3)c2)cc(N2CN(c3c(C(C)C)cccc3C(C)C)c3ccccc32)c1. The first-order valence-electron chi connectivity index (χ1n) is 23.2. The first kappa shape index (κ1) is 43.6. The van der Waals surface area contributed by atoms with Crippen LogP contribution < -0.4 is 14.5 Å². The number of rotatable bonds is 13. The molecule has 1 aliphatic rings. The van der Waals surface area contributed by atoms with Crippen LogP contribution in [0.4, 0.5) is 22.7 Å². The Morgan fingerprint density at radius 1 is 0.444 bits per heavy atom. The lowest BCUT2D eigenvalue weighted by molar-refractivity contribution is 0.483. The van der Waals surface area contributed by atoms with Gasteiger partial charge in [0.25, 0.3) is 0 Å². The highest BCUT2D eigenvalue weighted by Gasteiger charge is 2.32. The summed E-state index contributed by atoms with van der Waals surface area (Å²) in [6, 6.07) is 44.5. The summed E-state index contributed by atoms with van der Waals surface area (Å²) in [5, 5.41) is 0. The Morgan fingerprint density at radius 3 is 1.46 bits per heavy atom. The van der Waals surface area contributed by atoms with Crippen molar-refractivity contribution in [1.29, 1.82) is 0 Å². The van der Waals surface area contributed by atoms with Crippen LogP contribution >= 0.6 is 0 Å². The lowest BCUT2D eigenvalue weighted by Gasteiger charge is -2.29. The van der Waals surface area contributed by atoms with Crippen molar-refractivity contribution < 1.29 is 4.74 Å². The second-order valence-corrected chi connectivity index (χ2v) is 19.3. The van der Waals surface area contributed by atoms with E-state index in [9.17, 15) is 0 Å². The Balaban J connectivity index is 1.24. The summed E-state index contributed by atoms with van der Waals surface area (Å²) in [4.78, 5) is 9.99. The summed E-state index contributed by atoms with van der Waals surface area (Å²) in [5.41, 5.74) is 18.5. The number of anilines is 4. The zero-order chi connectivity index (χ0) is 44.7. The number of nitrogens with zero attached hydrogens (tertiary/aromatic N) is 4. The zero-order valence-corrected chi connectivity index (χ0v) is 39.6. The van der Waals surface area contributed by atoms with Crippen molar-refractivity contribution in [1.82, 2.24) is 9.55 Å². The molecule has 0 N–H and O–H groups in total. The van der Waals surface area contributed by atoms with E-state index in [1.807, 2.05) is 6.33 Å². The van der Waals surface area contributed by atoms with Gasteiger partial charge in [0.1, 0.15) is 18.2 Å². The molecule has 0 spiro atoms. The van der Waals surface area contributed by atoms with Crippen LogP contribution in [0, 0.1) is 0 Å². The molecule has 6 aromatic carbocycles. The van der Waals surface area contributed by atoms with E-state index in [-0.39, 0.29) is 0 Å². The Labute approximate surface area is 377 Å². The number of benzene rings is 6. The van der Waals surface area contributed by atoms with Crippen LogP contribution in [0.2, 0.25) is 0 Å². The van der Waals surface area contributed by atoms with Crippen molar-refractivity contribution in [2.24, 2.45) is 0 Å². The third-order valence-electron chi connectivity index (χ3n) is 12.8. The number of hydrogen-bond acceptors (Lipinski definition) is 4. The average Bonchev–Trinajstić information content (AvgIpc) is 3.91. The number of aromatic nitrogens is 2. The minimum Gasteiger partial charge on any atom is -0.457 e. The lowest BCUT2D eigenvalue weighted by Crippen LogP contribution is -2.26. The predicted octanol–water partition coefficient (Wildman–Crippen LogP) is 17.0. The van der Waals surface area contributed by atoms with E-state index >= 15 is 0 Å². The molecular formula is C58H66N4O. The standard InChI is InChI=1S/C58H66N4O/c1-36(2)47-21-16-22-48(37(3)4)56(47)43-29-44(61-35-62(55-28-14-13-27-54(55)61)58-51(40(9)10)25-18-26-52(58)41(11)12)32-46(31-43)63-45-20-15-19-42(30-45)53-33-60(34-59-53)57-49(38(5)6)23-17-24-50(57)39(7)8/h13-34,36-41H,35H2,1-12H3. The van der Waals surface area contributed by atoms with E-state index < -0.39 is 0 Å². The Morgan fingerprint density at radius 2 is 0.921 bits per heavy atom. The molecule has 0 saturated carbocycles. The van der Waals surface area contributed by atoms with Gasteiger partial charge in [-0.1, -0.05) is 162 Å². The molecule has 0 unspecified atom stereocenters.